The molecule has 1 atom stereocenters. The highest BCUT2D eigenvalue weighted by atomic mass is 16.3. The first kappa shape index (κ1) is 9.01. The van der Waals surface area contributed by atoms with E-state index in [-0.39, 0.29) is 12.1 Å². The number of rotatable bonds is 4. The van der Waals surface area contributed by atoms with E-state index < -0.39 is 0 Å². The van der Waals surface area contributed by atoms with E-state index in [1.54, 1.807) is 0 Å². The molecule has 0 amide bonds. The van der Waals surface area contributed by atoms with Crippen LogP contribution in [0.3, 0.4) is 0 Å². The number of nitrogens with two attached hydrogens (primary N) is 1. The van der Waals surface area contributed by atoms with Gasteiger partial charge in [-0.2, -0.15) is 0 Å². The van der Waals surface area contributed by atoms with Crippen molar-refractivity contribution in [1.82, 2.24) is 0 Å². The van der Waals surface area contributed by atoms with Crippen LogP contribution >= 0.6 is 0 Å². The summed E-state index contributed by atoms with van der Waals surface area (Å²) >= 11 is 0. The summed E-state index contributed by atoms with van der Waals surface area (Å²) in [4.78, 5) is 0. The monoisotopic (exact) mass is 157 g/mol. The molecule has 0 heterocycles. The third kappa shape index (κ3) is 1.74. The molecule has 2 heteroatoms. The molecule has 2 nitrogen and oxygen atoms in total. The summed E-state index contributed by atoms with van der Waals surface area (Å²) in [6.07, 6.45) is 5.78. The third-order valence-electron chi connectivity index (χ3n) is 2.93. The minimum absolute atomic E-state index is 0.158. The molecule has 0 aromatic heterocycles. The van der Waals surface area contributed by atoms with Gasteiger partial charge in [-0.3, -0.25) is 0 Å². The Bertz CT molecular complexity index is 123. The Morgan fingerprint density at radius 3 is 2.45 bits per heavy atom. The molecule has 3 N–H and O–H groups in total. The van der Waals surface area contributed by atoms with Gasteiger partial charge in [-0.15, -0.1) is 0 Å². The molecule has 0 bridgehead atoms. The van der Waals surface area contributed by atoms with Gasteiger partial charge in [-0.1, -0.05) is 19.8 Å². The van der Waals surface area contributed by atoms with Gasteiger partial charge in [0.25, 0.3) is 0 Å². The van der Waals surface area contributed by atoms with Crippen LogP contribution in [0, 0.1) is 5.92 Å². The van der Waals surface area contributed by atoms with Crippen molar-refractivity contribution < 1.29 is 5.11 Å². The highest BCUT2D eigenvalue weighted by Gasteiger charge is 2.36. The maximum absolute atomic E-state index is 9.13. The molecule has 1 aliphatic carbocycles. The van der Waals surface area contributed by atoms with E-state index >= 15 is 0 Å². The quantitative estimate of drug-likeness (QED) is 0.645. The van der Waals surface area contributed by atoms with E-state index in [9.17, 15) is 0 Å². The molecule has 0 saturated heterocycles. The molecule has 0 aliphatic heterocycles. The van der Waals surface area contributed by atoms with Gasteiger partial charge in [-0.25, -0.2) is 0 Å². The van der Waals surface area contributed by atoms with Gasteiger partial charge in [0.05, 0.1) is 6.61 Å². The van der Waals surface area contributed by atoms with E-state index in [2.05, 4.69) is 6.92 Å². The van der Waals surface area contributed by atoms with Gasteiger partial charge >= 0.3 is 0 Å². The number of hydrogen-bond donors (Lipinski definition) is 2. The average Bonchev–Trinajstić information content (AvgIpc) is 1.84. The second kappa shape index (κ2) is 3.55. The van der Waals surface area contributed by atoms with Crippen molar-refractivity contribution in [1.29, 1.82) is 0 Å². The standard InChI is InChI=1S/C9H19NO/c1-2-6-9(10,7-11)8-4-3-5-8/h8,11H,2-7,10H2,1H3. The summed E-state index contributed by atoms with van der Waals surface area (Å²) in [5, 5.41) is 9.13. The molecule has 0 aromatic rings. The maximum Gasteiger partial charge on any atom is 0.0613 e. The van der Waals surface area contributed by atoms with Crippen molar-refractivity contribution in [2.24, 2.45) is 11.7 Å². The zero-order chi connectivity index (χ0) is 8.32. The van der Waals surface area contributed by atoms with Crippen LogP contribution in [-0.2, 0) is 0 Å². The lowest BCUT2D eigenvalue weighted by Crippen LogP contribution is -2.52. The predicted octanol–water partition coefficient (Wildman–Crippen LogP) is 1.28. The fraction of sp³-hybridized carbons (Fsp3) is 1.00. The van der Waals surface area contributed by atoms with Crippen molar-refractivity contribution >= 4 is 0 Å². The molecule has 1 aliphatic rings. The largest absolute Gasteiger partial charge is 0.394 e. The first-order chi connectivity index (χ1) is 5.23. The van der Waals surface area contributed by atoms with Gasteiger partial charge in [0.1, 0.15) is 0 Å². The Morgan fingerprint density at radius 2 is 2.18 bits per heavy atom. The molecule has 1 saturated carbocycles. The molecule has 1 fully saturated rings. The second-order valence-electron chi connectivity index (χ2n) is 3.77. The Hall–Kier alpha value is -0.0800. The first-order valence-electron chi connectivity index (χ1n) is 4.62. The van der Waals surface area contributed by atoms with Crippen molar-refractivity contribution in [3.8, 4) is 0 Å². The molecule has 0 aromatic carbocycles. The van der Waals surface area contributed by atoms with E-state index in [4.69, 9.17) is 10.8 Å². The zero-order valence-electron chi connectivity index (χ0n) is 7.34. The lowest BCUT2D eigenvalue weighted by Gasteiger charge is -2.41. The lowest BCUT2D eigenvalue weighted by atomic mass is 9.70. The van der Waals surface area contributed by atoms with Gasteiger partial charge in [0, 0.05) is 5.54 Å². The lowest BCUT2D eigenvalue weighted by molar-refractivity contribution is 0.0837. The Kier molecular flexibility index (Phi) is 2.90. The van der Waals surface area contributed by atoms with E-state index in [0.717, 1.165) is 12.8 Å². The van der Waals surface area contributed by atoms with Crippen molar-refractivity contribution in [3.05, 3.63) is 0 Å². The predicted molar refractivity (Wildman–Crippen MR) is 46.3 cm³/mol. The highest BCUT2D eigenvalue weighted by Crippen LogP contribution is 2.36. The highest BCUT2D eigenvalue weighted by molar-refractivity contribution is 4.94. The Labute approximate surface area is 68.8 Å². The van der Waals surface area contributed by atoms with Crippen LogP contribution in [0.4, 0.5) is 0 Å². The topological polar surface area (TPSA) is 46.2 Å². The summed E-state index contributed by atoms with van der Waals surface area (Å²) in [6.45, 7) is 2.28. The van der Waals surface area contributed by atoms with Gasteiger partial charge in [0.15, 0.2) is 0 Å². The molecule has 1 rings (SSSR count). The summed E-state index contributed by atoms with van der Waals surface area (Å²) in [6, 6.07) is 0. The van der Waals surface area contributed by atoms with Gasteiger partial charge < -0.3 is 10.8 Å². The minimum atomic E-state index is -0.257. The first-order valence-corrected chi connectivity index (χ1v) is 4.62. The van der Waals surface area contributed by atoms with Crippen LogP contribution in [-0.4, -0.2) is 17.3 Å². The molecular weight excluding hydrogens is 138 g/mol. The molecule has 0 radical (unpaired) electrons. The Morgan fingerprint density at radius 1 is 1.55 bits per heavy atom. The zero-order valence-corrected chi connectivity index (χ0v) is 7.34. The molecule has 0 spiro atoms. The van der Waals surface area contributed by atoms with Crippen molar-refractivity contribution in [3.63, 3.8) is 0 Å². The van der Waals surface area contributed by atoms with Crippen LogP contribution in [0.1, 0.15) is 39.0 Å². The van der Waals surface area contributed by atoms with E-state index in [1.165, 1.54) is 19.3 Å². The Balaban J connectivity index is 2.43. The number of aliphatic hydroxyl groups excluding tert-OH is 1. The number of hydrogen-bond acceptors (Lipinski definition) is 2. The van der Waals surface area contributed by atoms with Crippen LogP contribution in [0.25, 0.3) is 0 Å². The summed E-state index contributed by atoms with van der Waals surface area (Å²) in [5.41, 5.74) is 5.81. The fourth-order valence-electron chi connectivity index (χ4n) is 1.86. The van der Waals surface area contributed by atoms with Crippen LogP contribution < -0.4 is 5.73 Å². The van der Waals surface area contributed by atoms with Gasteiger partial charge in [0.2, 0.25) is 0 Å². The summed E-state index contributed by atoms with van der Waals surface area (Å²) < 4.78 is 0. The van der Waals surface area contributed by atoms with E-state index in [1.807, 2.05) is 0 Å². The third-order valence-corrected chi connectivity index (χ3v) is 2.93. The molecular formula is C9H19NO. The fourth-order valence-corrected chi connectivity index (χ4v) is 1.86. The van der Waals surface area contributed by atoms with Gasteiger partial charge in [-0.05, 0) is 25.2 Å². The molecule has 11 heavy (non-hydrogen) atoms. The molecule has 66 valence electrons. The maximum atomic E-state index is 9.13. The summed E-state index contributed by atoms with van der Waals surface area (Å²) in [7, 11) is 0. The van der Waals surface area contributed by atoms with Crippen molar-refractivity contribution in [2.45, 2.75) is 44.6 Å². The smallest absolute Gasteiger partial charge is 0.0613 e. The minimum Gasteiger partial charge on any atom is -0.394 e. The van der Waals surface area contributed by atoms with Crippen LogP contribution in [0.5, 0.6) is 0 Å². The normalized spacial score (nSPS) is 24.3. The summed E-state index contributed by atoms with van der Waals surface area (Å²) in [5.74, 6) is 0.590. The van der Waals surface area contributed by atoms with Crippen LogP contribution in [0.2, 0.25) is 0 Å². The average molecular weight is 157 g/mol. The number of aliphatic hydroxyl groups is 1. The molecule has 1 unspecified atom stereocenters. The van der Waals surface area contributed by atoms with Crippen LogP contribution in [0.15, 0.2) is 0 Å². The van der Waals surface area contributed by atoms with E-state index in [0.29, 0.717) is 5.92 Å². The SMILES string of the molecule is CCCC(N)(CO)C1CCC1. The second-order valence-corrected chi connectivity index (χ2v) is 3.77. The van der Waals surface area contributed by atoms with Crippen molar-refractivity contribution in [2.75, 3.05) is 6.61 Å².